The van der Waals surface area contributed by atoms with E-state index >= 15 is 0 Å². The van der Waals surface area contributed by atoms with Crippen LogP contribution in [0.5, 0.6) is 0 Å². The highest BCUT2D eigenvalue weighted by Gasteiger charge is 2.08. The topological polar surface area (TPSA) is 81.7 Å². The number of imidazole rings is 1. The Hall–Kier alpha value is -2.15. The third-order valence-electron chi connectivity index (χ3n) is 2.68. The molecule has 3 aromatic rings. The molecule has 0 amide bonds. The summed E-state index contributed by atoms with van der Waals surface area (Å²) in [5, 5.41) is 6.22. The van der Waals surface area contributed by atoms with E-state index in [4.69, 9.17) is 5.73 Å². The van der Waals surface area contributed by atoms with Gasteiger partial charge in [-0.15, -0.1) is 11.3 Å². The van der Waals surface area contributed by atoms with Crippen LogP contribution >= 0.6 is 11.3 Å². The van der Waals surface area contributed by atoms with Gasteiger partial charge in [-0.25, -0.2) is 9.97 Å². The lowest BCUT2D eigenvalue weighted by Crippen LogP contribution is -2.08. The molecule has 18 heavy (non-hydrogen) atoms. The number of nitrogens with two attached hydrogens (primary N) is 1. The van der Waals surface area contributed by atoms with Crippen molar-refractivity contribution >= 4 is 33.3 Å². The molecular formula is C11H12N6S. The predicted molar refractivity (Wildman–Crippen MR) is 72.4 cm³/mol. The number of aryl methyl sites for hydroxylation is 1. The molecule has 0 spiro atoms. The second-order valence-electron chi connectivity index (χ2n) is 3.88. The molecule has 92 valence electrons. The molecule has 3 heterocycles. The van der Waals surface area contributed by atoms with E-state index in [0.717, 1.165) is 21.9 Å². The molecule has 3 aromatic heterocycles. The van der Waals surface area contributed by atoms with E-state index in [2.05, 4.69) is 20.3 Å². The Balaban J connectivity index is 1.90. The molecule has 0 fully saturated rings. The van der Waals surface area contributed by atoms with Crippen molar-refractivity contribution in [3.63, 3.8) is 0 Å². The van der Waals surface area contributed by atoms with Crippen LogP contribution in [-0.4, -0.2) is 19.5 Å². The van der Waals surface area contributed by atoms with Gasteiger partial charge in [0.05, 0.1) is 11.9 Å². The molecule has 0 aliphatic carbocycles. The van der Waals surface area contributed by atoms with Crippen molar-refractivity contribution in [1.29, 1.82) is 0 Å². The Kier molecular flexibility index (Phi) is 2.60. The first kappa shape index (κ1) is 11.0. The molecule has 3 N–H and O–H groups in total. The molecule has 0 saturated heterocycles. The molecule has 0 unspecified atom stereocenters. The van der Waals surface area contributed by atoms with E-state index in [0.29, 0.717) is 6.54 Å². The molecule has 0 saturated carbocycles. The summed E-state index contributed by atoms with van der Waals surface area (Å²) in [5.41, 5.74) is 5.69. The minimum absolute atomic E-state index is 0.285. The molecule has 0 aromatic carbocycles. The molecule has 0 radical (unpaired) electrons. The van der Waals surface area contributed by atoms with E-state index in [1.165, 1.54) is 0 Å². The summed E-state index contributed by atoms with van der Waals surface area (Å²) in [6.45, 7) is 0.602. The Morgan fingerprint density at radius 2 is 2.33 bits per heavy atom. The number of hydrogen-bond acceptors (Lipinski definition) is 6. The van der Waals surface area contributed by atoms with Gasteiger partial charge in [-0.2, -0.15) is 4.98 Å². The van der Waals surface area contributed by atoms with Gasteiger partial charge in [-0.05, 0) is 11.4 Å². The number of nitrogen functional groups attached to an aromatic ring is 1. The van der Waals surface area contributed by atoms with Crippen molar-refractivity contribution in [2.24, 2.45) is 7.05 Å². The summed E-state index contributed by atoms with van der Waals surface area (Å²) in [7, 11) is 1.96. The molecule has 3 rings (SSSR count). The van der Waals surface area contributed by atoms with E-state index < -0.39 is 0 Å². The number of aromatic nitrogens is 4. The Labute approximate surface area is 108 Å². The average Bonchev–Trinajstić information content (AvgIpc) is 2.94. The van der Waals surface area contributed by atoms with Gasteiger partial charge in [0, 0.05) is 19.4 Å². The summed E-state index contributed by atoms with van der Waals surface area (Å²) < 4.78 is 1.96. The SMILES string of the molecule is Cn1ccnc1CNc1nc(N)nc2sccc12. The van der Waals surface area contributed by atoms with Gasteiger partial charge in [0.1, 0.15) is 16.5 Å². The fourth-order valence-corrected chi connectivity index (χ4v) is 2.51. The lowest BCUT2D eigenvalue weighted by atomic mass is 10.4. The summed E-state index contributed by atoms with van der Waals surface area (Å²) in [6, 6.07) is 1.99. The van der Waals surface area contributed by atoms with E-state index in [1.54, 1.807) is 17.5 Å². The van der Waals surface area contributed by atoms with Gasteiger partial charge in [0.2, 0.25) is 5.95 Å². The summed E-state index contributed by atoms with van der Waals surface area (Å²) in [4.78, 5) is 13.6. The van der Waals surface area contributed by atoms with Gasteiger partial charge in [-0.1, -0.05) is 0 Å². The molecule has 0 bridgehead atoms. The summed E-state index contributed by atoms with van der Waals surface area (Å²) in [5.74, 6) is 1.98. The quantitative estimate of drug-likeness (QED) is 0.748. The minimum Gasteiger partial charge on any atom is -0.368 e. The van der Waals surface area contributed by atoms with Crippen LogP contribution in [-0.2, 0) is 13.6 Å². The predicted octanol–water partition coefficient (Wildman–Crippen LogP) is 1.62. The minimum atomic E-state index is 0.285. The van der Waals surface area contributed by atoms with Crippen LogP contribution in [0.15, 0.2) is 23.8 Å². The standard InChI is InChI=1S/C11H12N6S/c1-17-4-3-13-8(17)6-14-9-7-2-5-18-10(7)16-11(12)15-9/h2-5H,6H2,1H3,(H3,12,14,15,16). The highest BCUT2D eigenvalue weighted by atomic mass is 32.1. The van der Waals surface area contributed by atoms with Crippen LogP contribution in [0.4, 0.5) is 11.8 Å². The van der Waals surface area contributed by atoms with Crippen LogP contribution in [0.2, 0.25) is 0 Å². The monoisotopic (exact) mass is 260 g/mol. The maximum atomic E-state index is 5.69. The fraction of sp³-hybridized carbons (Fsp3) is 0.182. The first-order chi connectivity index (χ1) is 8.74. The van der Waals surface area contributed by atoms with Crippen molar-refractivity contribution in [3.8, 4) is 0 Å². The molecule has 0 aliphatic rings. The molecule has 6 nitrogen and oxygen atoms in total. The Bertz CT molecular complexity index is 686. The maximum absolute atomic E-state index is 5.69. The normalized spacial score (nSPS) is 10.9. The van der Waals surface area contributed by atoms with Crippen LogP contribution in [0.3, 0.4) is 0 Å². The molecule has 0 atom stereocenters. The first-order valence-corrected chi connectivity index (χ1v) is 6.33. The van der Waals surface area contributed by atoms with Gasteiger partial charge in [-0.3, -0.25) is 0 Å². The number of nitrogens with zero attached hydrogens (tertiary/aromatic N) is 4. The molecule has 0 aliphatic heterocycles. The first-order valence-electron chi connectivity index (χ1n) is 5.45. The van der Waals surface area contributed by atoms with Crippen LogP contribution in [0, 0.1) is 0 Å². The van der Waals surface area contributed by atoms with Crippen molar-refractivity contribution in [3.05, 3.63) is 29.7 Å². The number of anilines is 2. The maximum Gasteiger partial charge on any atom is 0.223 e. The van der Waals surface area contributed by atoms with Crippen molar-refractivity contribution in [2.75, 3.05) is 11.1 Å². The third-order valence-corrected chi connectivity index (χ3v) is 3.48. The Morgan fingerprint density at radius 3 is 3.11 bits per heavy atom. The van der Waals surface area contributed by atoms with Gasteiger partial charge in [0.15, 0.2) is 0 Å². The van der Waals surface area contributed by atoms with Crippen LogP contribution in [0.1, 0.15) is 5.82 Å². The van der Waals surface area contributed by atoms with Crippen molar-refractivity contribution in [2.45, 2.75) is 6.54 Å². The van der Waals surface area contributed by atoms with Gasteiger partial charge >= 0.3 is 0 Å². The zero-order valence-electron chi connectivity index (χ0n) is 9.79. The van der Waals surface area contributed by atoms with Gasteiger partial charge in [0.25, 0.3) is 0 Å². The fourth-order valence-electron chi connectivity index (χ4n) is 1.74. The summed E-state index contributed by atoms with van der Waals surface area (Å²) >= 11 is 1.55. The van der Waals surface area contributed by atoms with Crippen molar-refractivity contribution < 1.29 is 0 Å². The Morgan fingerprint density at radius 1 is 1.44 bits per heavy atom. The number of fused-ring (bicyclic) bond motifs is 1. The smallest absolute Gasteiger partial charge is 0.223 e. The lowest BCUT2D eigenvalue weighted by molar-refractivity contribution is 0.811. The van der Waals surface area contributed by atoms with E-state index in [1.807, 2.05) is 29.3 Å². The van der Waals surface area contributed by atoms with E-state index in [-0.39, 0.29) is 5.95 Å². The van der Waals surface area contributed by atoms with Gasteiger partial charge < -0.3 is 15.6 Å². The van der Waals surface area contributed by atoms with E-state index in [9.17, 15) is 0 Å². The zero-order valence-corrected chi connectivity index (χ0v) is 10.6. The zero-order chi connectivity index (χ0) is 12.5. The number of thiophene rings is 1. The lowest BCUT2D eigenvalue weighted by Gasteiger charge is -2.07. The largest absolute Gasteiger partial charge is 0.368 e. The molecule has 7 heteroatoms. The third kappa shape index (κ3) is 1.88. The average molecular weight is 260 g/mol. The highest BCUT2D eigenvalue weighted by molar-refractivity contribution is 7.16. The van der Waals surface area contributed by atoms with Crippen LogP contribution < -0.4 is 11.1 Å². The van der Waals surface area contributed by atoms with Crippen molar-refractivity contribution in [1.82, 2.24) is 19.5 Å². The number of hydrogen-bond donors (Lipinski definition) is 2. The second-order valence-corrected chi connectivity index (χ2v) is 4.77. The number of nitrogens with one attached hydrogen (secondary N) is 1. The summed E-state index contributed by atoms with van der Waals surface area (Å²) in [6.07, 6.45) is 3.68. The van der Waals surface area contributed by atoms with Crippen LogP contribution in [0.25, 0.3) is 10.2 Å². The number of rotatable bonds is 3. The second kappa shape index (κ2) is 4.26. The highest BCUT2D eigenvalue weighted by Crippen LogP contribution is 2.25. The molecular weight excluding hydrogens is 248 g/mol.